The number of ketones is 2. The smallest absolute Gasteiger partial charge is 0.228 e. The number of carbonyl (C=O) groups excluding carboxylic acids is 2. The lowest BCUT2D eigenvalue weighted by atomic mass is 9.78. The molecule has 1 aliphatic heterocycles. The zero-order valence-corrected chi connectivity index (χ0v) is 17.2. The summed E-state index contributed by atoms with van der Waals surface area (Å²) >= 11 is 0. The number of benzene rings is 2. The van der Waals surface area contributed by atoms with Crippen LogP contribution in [0.3, 0.4) is 0 Å². The Kier molecular flexibility index (Phi) is 4.42. The molecule has 1 aliphatic carbocycles. The van der Waals surface area contributed by atoms with Gasteiger partial charge in [0.15, 0.2) is 11.5 Å². The number of ether oxygens (including phenoxy) is 2. The number of hydrogen-bond acceptors (Lipinski definition) is 5. The third kappa shape index (κ3) is 3.00. The standard InChI is InChI=1S/C25H24O5/c1-15-18-12-19-20(26)14-25(10-4-3-5-11-25)30-22(19)13-21(18)29-24(15)23(27)16-6-8-17(28-2)9-7-16/h6-9,12-13H,3-5,10-11,14H2,1-2H3. The van der Waals surface area contributed by atoms with Crippen molar-refractivity contribution in [1.82, 2.24) is 0 Å². The first-order valence-corrected chi connectivity index (χ1v) is 10.5. The van der Waals surface area contributed by atoms with Crippen LogP contribution in [0.4, 0.5) is 0 Å². The van der Waals surface area contributed by atoms with Crippen molar-refractivity contribution in [1.29, 1.82) is 0 Å². The summed E-state index contributed by atoms with van der Waals surface area (Å²) in [6.45, 7) is 1.85. The van der Waals surface area contributed by atoms with E-state index < -0.39 is 0 Å². The van der Waals surface area contributed by atoms with Gasteiger partial charge < -0.3 is 13.9 Å². The summed E-state index contributed by atoms with van der Waals surface area (Å²) in [6, 6.07) is 10.6. The predicted molar refractivity (Wildman–Crippen MR) is 113 cm³/mol. The van der Waals surface area contributed by atoms with E-state index in [4.69, 9.17) is 13.9 Å². The molecule has 0 N–H and O–H groups in total. The number of rotatable bonds is 3. The molecule has 0 atom stereocenters. The number of carbonyl (C=O) groups is 2. The highest BCUT2D eigenvalue weighted by Gasteiger charge is 2.41. The van der Waals surface area contributed by atoms with E-state index in [0.717, 1.165) is 36.6 Å². The van der Waals surface area contributed by atoms with Crippen LogP contribution in [0.25, 0.3) is 11.0 Å². The average molecular weight is 404 g/mol. The third-order valence-corrected chi connectivity index (χ3v) is 6.47. The van der Waals surface area contributed by atoms with Gasteiger partial charge in [0.1, 0.15) is 22.7 Å². The van der Waals surface area contributed by atoms with Crippen LogP contribution < -0.4 is 9.47 Å². The van der Waals surface area contributed by atoms with E-state index in [1.54, 1.807) is 37.4 Å². The van der Waals surface area contributed by atoms with Gasteiger partial charge >= 0.3 is 0 Å². The maximum absolute atomic E-state index is 13.0. The molecule has 0 amide bonds. The first kappa shape index (κ1) is 18.9. The van der Waals surface area contributed by atoms with Gasteiger partial charge in [-0.25, -0.2) is 0 Å². The van der Waals surface area contributed by atoms with E-state index in [-0.39, 0.29) is 22.9 Å². The monoisotopic (exact) mass is 404 g/mol. The maximum Gasteiger partial charge on any atom is 0.228 e. The van der Waals surface area contributed by atoms with Gasteiger partial charge in [-0.2, -0.15) is 0 Å². The molecule has 0 bridgehead atoms. The maximum atomic E-state index is 13.0. The minimum atomic E-state index is -0.376. The van der Waals surface area contributed by atoms with Gasteiger partial charge in [-0.15, -0.1) is 0 Å². The molecule has 1 aromatic heterocycles. The SMILES string of the molecule is COc1ccc(C(=O)c2oc3cc4c(cc3c2C)C(=O)CC2(CCCCC2)O4)cc1. The van der Waals surface area contributed by atoms with Crippen molar-refractivity contribution in [3.05, 3.63) is 58.8 Å². The summed E-state index contributed by atoms with van der Waals surface area (Å²) < 4.78 is 17.5. The fraction of sp³-hybridized carbons (Fsp3) is 0.360. The lowest BCUT2D eigenvalue weighted by Gasteiger charge is -2.40. The number of aryl methyl sites for hydroxylation is 1. The van der Waals surface area contributed by atoms with Crippen molar-refractivity contribution >= 4 is 22.5 Å². The molecule has 5 heteroatoms. The molecule has 30 heavy (non-hydrogen) atoms. The number of furan rings is 1. The third-order valence-electron chi connectivity index (χ3n) is 6.47. The van der Waals surface area contributed by atoms with Gasteiger partial charge in [-0.3, -0.25) is 9.59 Å². The Morgan fingerprint density at radius 1 is 1.07 bits per heavy atom. The molecular weight excluding hydrogens is 380 g/mol. The minimum absolute atomic E-state index is 0.115. The Labute approximate surface area is 175 Å². The quantitative estimate of drug-likeness (QED) is 0.528. The molecule has 5 nitrogen and oxygen atoms in total. The Morgan fingerprint density at radius 3 is 2.50 bits per heavy atom. The van der Waals surface area contributed by atoms with Gasteiger partial charge in [-0.05, 0) is 62.9 Å². The van der Waals surface area contributed by atoms with Crippen LogP contribution in [0, 0.1) is 6.92 Å². The summed E-state index contributed by atoms with van der Waals surface area (Å²) in [5.41, 5.74) is 2.05. The number of Topliss-reactive ketones (excluding diaryl/α,β-unsaturated/α-hetero) is 1. The van der Waals surface area contributed by atoms with Gasteiger partial charge in [0.25, 0.3) is 0 Å². The summed E-state index contributed by atoms with van der Waals surface area (Å²) in [5, 5.41) is 0.780. The Balaban J connectivity index is 1.54. The molecule has 2 heterocycles. The summed E-state index contributed by atoms with van der Waals surface area (Å²) in [5.74, 6) is 1.48. The lowest BCUT2D eigenvalue weighted by Crippen LogP contribution is -2.43. The molecule has 154 valence electrons. The van der Waals surface area contributed by atoms with Crippen molar-refractivity contribution < 1.29 is 23.5 Å². The van der Waals surface area contributed by atoms with Gasteiger partial charge in [0.05, 0.1) is 19.1 Å². The van der Waals surface area contributed by atoms with E-state index in [9.17, 15) is 9.59 Å². The van der Waals surface area contributed by atoms with E-state index in [1.807, 2.05) is 13.0 Å². The molecule has 0 unspecified atom stereocenters. The van der Waals surface area contributed by atoms with Gasteiger partial charge in [0.2, 0.25) is 5.78 Å². The van der Waals surface area contributed by atoms with E-state index >= 15 is 0 Å². The topological polar surface area (TPSA) is 65.7 Å². The number of hydrogen-bond donors (Lipinski definition) is 0. The van der Waals surface area contributed by atoms with Crippen molar-refractivity contribution in [2.24, 2.45) is 0 Å². The Bertz CT molecular complexity index is 1150. The second-order valence-electron chi connectivity index (χ2n) is 8.40. The molecule has 3 aromatic rings. The van der Waals surface area contributed by atoms with Crippen LogP contribution in [0.15, 0.2) is 40.8 Å². The second-order valence-corrected chi connectivity index (χ2v) is 8.40. The molecule has 5 rings (SSSR count). The van der Waals surface area contributed by atoms with Crippen LogP contribution >= 0.6 is 0 Å². The van der Waals surface area contributed by atoms with Gasteiger partial charge in [0, 0.05) is 22.6 Å². The highest BCUT2D eigenvalue weighted by molar-refractivity contribution is 6.11. The number of fused-ring (bicyclic) bond motifs is 2. The molecule has 1 saturated carbocycles. The van der Waals surface area contributed by atoms with Crippen LogP contribution in [-0.2, 0) is 0 Å². The Hall–Kier alpha value is -3.08. The zero-order chi connectivity index (χ0) is 20.9. The minimum Gasteiger partial charge on any atom is -0.497 e. The molecule has 0 radical (unpaired) electrons. The molecule has 1 fully saturated rings. The average Bonchev–Trinajstić information content (AvgIpc) is 3.08. The summed E-state index contributed by atoms with van der Waals surface area (Å²) in [4.78, 5) is 26.0. The van der Waals surface area contributed by atoms with Crippen molar-refractivity contribution in [2.75, 3.05) is 7.11 Å². The predicted octanol–water partition coefficient (Wildman–Crippen LogP) is 5.65. The molecular formula is C25H24O5. The van der Waals surface area contributed by atoms with E-state index in [0.29, 0.717) is 34.6 Å². The highest BCUT2D eigenvalue weighted by Crippen LogP contribution is 2.44. The zero-order valence-electron chi connectivity index (χ0n) is 17.2. The molecule has 0 saturated heterocycles. The van der Waals surface area contributed by atoms with Crippen LogP contribution in [0.2, 0.25) is 0 Å². The first-order chi connectivity index (χ1) is 14.5. The molecule has 2 aromatic carbocycles. The fourth-order valence-electron chi connectivity index (χ4n) is 4.77. The van der Waals surface area contributed by atoms with Crippen LogP contribution in [0.1, 0.15) is 70.6 Å². The largest absolute Gasteiger partial charge is 0.497 e. The molecule has 1 spiro atoms. The first-order valence-electron chi connectivity index (χ1n) is 10.5. The van der Waals surface area contributed by atoms with Crippen LogP contribution in [-0.4, -0.2) is 24.3 Å². The second kappa shape index (κ2) is 7.01. The summed E-state index contributed by atoms with van der Waals surface area (Å²) in [6.07, 6.45) is 5.62. The van der Waals surface area contributed by atoms with Crippen LogP contribution in [0.5, 0.6) is 11.5 Å². The van der Waals surface area contributed by atoms with Crippen molar-refractivity contribution in [3.8, 4) is 11.5 Å². The van der Waals surface area contributed by atoms with E-state index in [1.165, 1.54) is 6.42 Å². The Morgan fingerprint density at radius 2 is 1.80 bits per heavy atom. The summed E-state index contributed by atoms with van der Waals surface area (Å²) in [7, 11) is 1.59. The number of methoxy groups -OCH3 is 1. The fourth-order valence-corrected chi connectivity index (χ4v) is 4.77. The van der Waals surface area contributed by atoms with E-state index in [2.05, 4.69) is 0 Å². The highest BCUT2D eigenvalue weighted by atomic mass is 16.5. The van der Waals surface area contributed by atoms with Crippen molar-refractivity contribution in [3.63, 3.8) is 0 Å². The lowest BCUT2D eigenvalue weighted by molar-refractivity contribution is 0.0137. The normalized spacial score (nSPS) is 17.6. The van der Waals surface area contributed by atoms with Crippen molar-refractivity contribution in [2.45, 2.75) is 51.0 Å². The molecule has 2 aliphatic rings. The van der Waals surface area contributed by atoms with Gasteiger partial charge in [-0.1, -0.05) is 6.42 Å².